The van der Waals surface area contributed by atoms with Crippen LogP contribution in [0.2, 0.25) is 5.02 Å². The molecule has 3 aromatic rings. The van der Waals surface area contributed by atoms with E-state index in [1.54, 1.807) is 35.1 Å². The van der Waals surface area contributed by atoms with Crippen molar-refractivity contribution in [2.45, 2.75) is 6.54 Å². The Labute approximate surface area is 149 Å². The zero-order valence-electron chi connectivity index (χ0n) is 13.3. The van der Waals surface area contributed by atoms with Crippen molar-refractivity contribution in [2.24, 2.45) is 0 Å². The number of ketones is 1. The Morgan fingerprint density at radius 3 is 2.44 bits per heavy atom. The van der Waals surface area contributed by atoms with Crippen molar-refractivity contribution < 1.29 is 14.3 Å². The summed E-state index contributed by atoms with van der Waals surface area (Å²) in [5, 5.41) is 4.68. The zero-order valence-corrected chi connectivity index (χ0v) is 14.0. The lowest BCUT2D eigenvalue weighted by Crippen LogP contribution is -2.14. The molecular formula is C19H15ClN2O3. The van der Waals surface area contributed by atoms with Crippen LogP contribution in [0.15, 0.2) is 67.0 Å². The lowest BCUT2D eigenvalue weighted by molar-refractivity contribution is 0.0474. The van der Waals surface area contributed by atoms with E-state index in [1.807, 2.05) is 30.3 Å². The fraction of sp³-hybridized carbons (Fsp3) is 0.105. The molecule has 0 radical (unpaired) electrons. The number of aromatic nitrogens is 2. The average Bonchev–Trinajstić information content (AvgIpc) is 3.09. The zero-order chi connectivity index (χ0) is 17.6. The van der Waals surface area contributed by atoms with Crippen LogP contribution in [0.1, 0.15) is 26.3 Å². The Balaban J connectivity index is 1.56. The summed E-state index contributed by atoms with van der Waals surface area (Å²) in [5.41, 5.74) is 1.82. The molecule has 25 heavy (non-hydrogen) atoms. The van der Waals surface area contributed by atoms with Gasteiger partial charge in [0.1, 0.15) is 0 Å². The number of hydrogen-bond acceptors (Lipinski definition) is 4. The van der Waals surface area contributed by atoms with E-state index < -0.39 is 5.97 Å². The predicted octanol–water partition coefficient (Wildman–Crippen LogP) is 3.62. The van der Waals surface area contributed by atoms with E-state index in [2.05, 4.69) is 5.10 Å². The molecule has 5 nitrogen and oxygen atoms in total. The number of benzene rings is 2. The van der Waals surface area contributed by atoms with Crippen molar-refractivity contribution in [2.75, 3.05) is 6.61 Å². The number of hydrogen-bond donors (Lipinski definition) is 0. The first-order valence-electron chi connectivity index (χ1n) is 7.64. The number of Topliss-reactive ketones (excluding diaryl/α,β-unsaturated/α-hetero) is 1. The first kappa shape index (κ1) is 16.9. The summed E-state index contributed by atoms with van der Waals surface area (Å²) in [5.74, 6) is -0.872. The maximum Gasteiger partial charge on any atom is 0.341 e. The second kappa shape index (κ2) is 7.77. The summed E-state index contributed by atoms with van der Waals surface area (Å²) in [6.07, 6.45) is 3.03. The number of rotatable bonds is 6. The molecule has 0 unspecified atom stereocenters. The summed E-state index contributed by atoms with van der Waals surface area (Å²) < 4.78 is 6.71. The molecule has 0 saturated carbocycles. The molecule has 2 aromatic carbocycles. The van der Waals surface area contributed by atoms with Crippen LogP contribution in [0.3, 0.4) is 0 Å². The number of esters is 1. The lowest BCUT2D eigenvalue weighted by Gasteiger charge is -2.03. The van der Waals surface area contributed by atoms with Crippen LogP contribution < -0.4 is 0 Å². The Morgan fingerprint density at radius 2 is 1.72 bits per heavy atom. The maximum atomic E-state index is 12.1. The van der Waals surface area contributed by atoms with Crippen LogP contribution in [0.4, 0.5) is 0 Å². The minimum atomic E-state index is -0.582. The summed E-state index contributed by atoms with van der Waals surface area (Å²) in [6.45, 7) is 0.224. The SMILES string of the molecule is O=C(COC(=O)c1cnn(Cc2ccccc2)c1)c1ccc(Cl)cc1. The third-order valence-corrected chi connectivity index (χ3v) is 3.81. The third kappa shape index (κ3) is 4.55. The quantitative estimate of drug-likeness (QED) is 0.501. The van der Waals surface area contributed by atoms with Crippen molar-refractivity contribution in [3.8, 4) is 0 Å². The molecule has 1 aromatic heterocycles. The molecule has 0 aliphatic carbocycles. The molecule has 0 spiro atoms. The van der Waals surface area contributed by atoms with Crippen molar-refractivity contribution in [1.29, 1.82) is 0 Å². The Hall–Kier alpha value is -2.92. The van der Waals surface area contributed by atoms with Gasteiger partial charge in [-0.2, -0.15) is 5.10 Å². The van der Waals surface area contributed by atoms with Gasteiger partial charge in [-0.25, -0.2) is 4.79 Å². The highest BCUT2D eigenvalue weighted by molar-refractivity contribution is 6.30. The highest BCUT2D eigenvalue weighted by atomic mass is 35.5. The largest absolute Gasteiger partial charge is 0.454 e. The van der Waals surface area contributed by atoms with Crippen LogP contribution in [0, 0.1) is 0 Å². The number of carbonyl (C=O) groups is 2. The Bertz CT molecular complexity index is 873. The summed E-state index contributed by atoms with van der Waals surface area (Å²) in [7, 11) is 0. The molecule has 0 bridgehead atoms. The van der Waals surface area contributed by atoms with Crippen molar-refractivity contribution in [3.05, 3.63) is 88.7 Å². The van der Waals surface area contributed by atoms with Gasteiger partial charge in [0.2, 0.25) is 0 Å². The molecule has 0 amide bonds. The standard InChI is InChI=1S/C19H15ClN2O3/c20-17-8-6-15(7-9-17)18(23)13-25-19(24)16-10-21-22(12-16)11-14-4-2-1-3-5-14/h1-10,12H,11,13H2. The monoisotopic (exact) mass is 354 g/mol. The highest BCUT2D eigenvalue weighted by Gasteiger charge is 2.13. The highest BCUT2D eigenvalue weighted by Crippen LogP contribution is 2.11. The van der Waals surface area contributed by atoms with Gasteiger partial charge in [0.25, 0.3) is 0 Å². The van der Waals surface area contributed by atoms with E-state index in [9.17, 15) is 9.59 Å². The topological polar surface area (TPSA) is 61.2 Å². The van der Waals surface area contributed by atoms with E-state index >= 15 is 0 Å². The summed E-state index contributed by atoms with van der Waals surface area (Å²) in [4.78, 5) is 24.0. The van der Waals surface area contributed by atoms with Gasteiger partial charge in [0, 0.05) is 16.8 Å². The normalized spacial score (nSPS) is 10.4. The first-order valence-corrected chi connectivity index (χ1v) is 8.02. The number of halogens is 1. The van der Waals surface area contributed by atoms with Crippen molar-refractivity contribution >= 4 is 23.4 Å². The van der Waals surface area contributed by atoms with Crippen LogP contribution in [0.25, 0.3) is 0 Å². The van der Waals surface area contributed by atoms with Gasteiger partial charge in [0.05, 0.1) is 18.3 Å². The molecule has 0 aliphatic rings. The molecule has 0 saturated heterocycles. The van der Waals surface area contributed by atoms with Crippen LogP contribution >= 0.6 is 11.6 Å². The van der Waals surface area contributed by atoms with Gasteiger partial charge in [-0.05, 0) is 29.8 Å². The predicted molar refractivity (Wildman–Crippen MR) is 93.8 cm³/mol. The molecule has 0 aliphatic heterocycles. The molecule has 6 heteroatoms. The second-order valence-corrected chi connectivity index (χ2v) is 5.85. The second-order valence-electron chi connectivity index (χ2n) is 5.42. The third-order valence-electron chi connectivity index (χ3n) is 3.56. The van der Waals surface area contributed by atoms with Crippen molar-refractivity contribution in [1.82, 2.24) is 9.78 Å². The van der Waals surface area contributed by atoms with Gasteiger partial charge in [-0.15, -0.1) is 0 Å². The number of nitrogens with zero attached hydrogens (tertiary/aromatic N) is 2. The maximum absolute atomic E-state index is 12.1. The first-order chi connectivity index (χ1) is 12.1. The lowest BCUT2D eigenvalue weighted by atomic mass is 10.1. The van der Waals surface area contributed by atoms with E-state index in [-0.39, 0.29) is 12.4 Å². The Kier molecular flexibility index (Phi) is 5.26. The smallest absolute Gasteiger partial charge is 0.341 e. The van der Waals surface area contributed by atoms with Gasteiger partial charge >= 0.3 is 5.97 Å². The molecule has 3 rings (SSSR count). The molecule has 1 heterocycles. The van der Waals surface area contributed by atoms with Crippen molar-refractivity contribution in [3.63, 3.8) is 0 Å². The van der Waals surface area contributed by atoms with Gasteiger partial charge < -0.3 is 4.74 Å². The average molecular weight is 355 g/mol. The molecular weight excluding hydrogens is 340 g/mol. The summed E-state index contributed by atoms with van der Waals surface area (Å²) >= 11 is 5.78. The van der Waals surface area contributed by atoms with E-state index in [0.29, 0.717) is 22.7 Å². The van der Waals surface area contributed by atoms with Gasteiger partial charge in [-0.3, -0.25) is 9.48 Å². The number of carbonyl (C=O) groups excluding carboxylic acids is 2. The van der Waals surface area contributed by atoms with Gasteiger partial charge in [-0.1, -0.05) is 41.9 Å². The summed E-state index contributed by atoms with van der Waals surface area (Å²) in [6, 6.07) is 16.2. The van der Waals surface area contributed by atoms with Gasteiger partial charge in [0.15, 0.2) is 12.4 Å². The minimum absolute atomic E-state index is 0.290. The Morgan fingerprint density at radius 1 is 1.00 bits per heavy atom. The number of ether oxygens (including phenoxy) is 1. The fourth-order valence-corrected chi connectivity index (χ4v) is 2.39. The molecule has 0 fully saturated rings. The van der Waals surface area contributed by atoms with Crippen LogP contribution in [0.5, 0.6) is 0 Å². The van der Waals surface area contributed by atoms with E-state index in [4.69, 9.17) is 16.3 Å². The van der Waals surface area contributed by atoms with Crippen LogP contribution in [-0.4, -0.2) is 28.1 Å². The van der Waals surface area contributed by atoms with E-state index in [0.717, 1.165) is 5.56 Å². The molecule has 0 N–H and O–H groups in total. The minimum Gasteiger partial charge on any atom is -0.454 e. The van der Waals surface area contributed by atoms with Crippen LogP contribution in [-0.2, 0) is 11.3 Å². The molecule has 126 valence electrons. The fourth-order valence-electron chi connectivity index (χ4n) is 2.26. The van der Waals surface area contributed by atoms with E-state index in [1.165, 1.54) is 6.20 Å². The molecule has 0 atom stereocenters.